The first-order chi connectivity index (χ1) is 7.91. The van der Waals surface area contributed by atoms with Gasteiger partial charge in [-0.2, -0.15) is 5.26 Å². The number of unbranched alkanes of at least 4 members (excludes halogenated alkanes) is 9. The van der Waals surface area contributed by atoms with Crippen LogP contribution in [-0.4, -0.2) is 0 Å². The van der Waals surface area contributed by atoms with Crippen molar-refractivity contribution in [3.05, 3.63) is 12.2 Å². The van der Waals surface area contributed by atoms with Gasteiger partial charge in [0.1, 0.15) is 0 Å². The van der Waals surface area contributed by atoms with Crippen molar-refractivity contribution in [1.82, 2.24) is 0 Å². The highest BCUT2D eigenvalue weighted by Gasteiger charge is 1.91. The molecule has 0 aromatic carbocycles. The van der Waals surface area contributed by atoms with Crippen LogP contribution in [-0.2, 0) is 0 Å². The summed E-state index contributed by atoms with van der Waals surface area (Å²) in [5.74, 6) is 0. The van der Waals surface area contributed by atoms with Gasteiger partial charge in [0.25, 0.3) is 0 Å². The van der Waals surface area contributed by atoms with Gasteiger partial charge in [-0.1, -0.05) is 57.6 Å². The van der Waals surface area contributed by atoms with Crippen LogP contribution in [0.5, 0.6) is 0 Å². The molecule has 0 aromatic heterocycles. The highest BCUT2D eigenvalue weighted by molar-refractivity contribution is 4.79. The van der Waals surface area contributed by atoms with E-state index >= 15 is 0 Å². The maximum atomic E-state index is 8.37. The Hall–Kier alpha value is -0.770. The van der Waals surface area contributed by atoms with Gasteiger partial charge in [-0.05, 0) is 25.7 Å². The summed E-state index contributed by atoms with van der Waals surface area (Å²) in [6.45, 7) is 2.18. The van der Waals surface area contributed by atoms with E-state index in [1.54, 1.807) is 0 Å². The third kappa shape index (κ3) is 13.2. The lowest BCUT2D eigenvalue weighted by Gasteiger charge is -2.00. The second kappa shape index (κ2) is 14.2. The molecule has 0 aromatic rings. The molecule has 0 fully saturated rings. The Bertz CT molecular complexity index is 188. The minimum absolute atomic E-state index is 0.740. The molecule has 1 heteroatoms. The van der Waals surface area contributed by atoms with E-state index < -0.39 is 0 Å². The van der Waals surface area contributed by atoms with E-state index in [9.17, 15) is 0 Å². The zero-order valence-corrected chi connectivity index (χ0v) is 10.9. The summed E-state index contributed by atoms with van der Waals surface area (Å²) in [7, 11) is 0. The van der Waals surface area contributed by atoms with Crippen LogP contribution >= 0.6 is 0 Å². The van der Waals surface area contributed by atoms with Crippen molar-refractivity contribution < 1.29 is 0 Å². The second-order valence-corrected chi connectivity index (χ2v) is 4.40. The standard InChI is InChI=1S/C15H27N/c1-2-3-4-5-6-7-8-9-10-11-12-13-14-15-16/h3-4H,2,5-14H2,1H3/b4-3-. The Labute approximate surface area is 102 Å². The van der Waals surface area contributed by atoms with Gasteiger partial charge < -0.3 is 0 Å². The van der Waals surface area contributed by atoms with E-state index in [-0.39, 0.29) is 0 Å². The largest absolute Gasteiger partial charge is 0.198 e. The van der Waals surface area contributed by atoms with Crippen molar-refractivity contribution in [2.24, 2.45) is 0 Å². The fourth-order valence-corrected chi connectivity index (χ4v) is 1.81. The average molecular weight is 221 g/mol. The normalized spacial score (nSPS) is 10.8. The number of rotatable bonds is 11. The average Bonchev–Trinajstić information content (AvgIpc) is 2.31. The molecule has 0 saturated heterocycles. The summed E-state index contributed by atoms with van der Waals surface area (Å²) in [4.78, 5) is 0. The molecule has 0 aliphatic rings. The summed E-state index contributed by atoms with van der Waals surface area (Å²) in [6.07, 6.45) is 18.2. The minimum atomic E-state index is 0.740. The molecule has 92 valence electrons. The minimum Gasteiger partial charge on any atom is -0.198 e. The first-order valence-electron chi connectivity index (χ1n) is 6.93. The molecule has 0 radical (unpaired) electrons. The van der Waals surface area contributed by atoms with Gasteiger partial charge in [0.05, 0.1) is 6.07 Å². The molecule has 0 rings (SSSR count). The summed E-state index contributed by atoms with van der Waals surface area (Å²) in [5.41, 5.74) is 0. The molecule has 0 unspecified atom stereocenters. The number of hydrogen-bond acceptors (Lipinski definition) is 1. The Morgan fingerprint density at radius 1 is 0.812 bits per heavy atom. The van der Waals surface area contributed by atoms with Crippen LogP contribution in [0.2, 0.25) is 0 Å². The smallest absolute Gasteiger partial charge is 0.0621 e. The predicted molar refractivity (Wildman–Crippen MR) is 71.2 cm³/mol. The second-order valence-electron chi connectivity index (χ2n) is 4.40. The van der Waals surface area contributed by atoms with Crippen molar-refractivity contribution in [1.29, 1.82) is 5.26 Å². The molecule has 0 saturated carbocycles. The van der Waals surface area contributed by atoms with Gasteiger partial charge in [0.2, 0.25) is 0 Å². The molecule has 0 atom stereocenters. The third-order valence-corrected chi connectivity index (χ3v) is 2.81. The van der Waals surface area contributed by atoms with Crippen LogP contribution in [0.4, 0.5) is 0 Å². The molecule has 1 nitrogen and oxygen atoms in total. The zero-order chi connectivity index (χ0) is 11.9. The lowest BCUT2D eigenvalue weighted by Crippen LogP contribution is -1.81. The number of nitrogens with zero attached hydrogens (tertiary/aromatic N) is 1. The number of nitriles is 1. The molecule has 0 aliphatic carbocycles. The summed E-state index contributed by atoms with van der Waals surface area (Å²) >= 11 is 0. The molecule has 16 heavy (non-hydrogen) atoms. The van der Waals surface area contributed by atoms with Crippen LogP contribution in [0.15, 0.2) is 12.2 Å². The van der Waals surface area contributed by atoms with Crippen molar-refractivity contribution >= 4 is 0 Å². The number of allylic oxidation sites excluding steroid dienone is 2. The summed E-state index contributed by atoms with van der Waals surface area (Å²) in [5, 5.41) is 8.37. The quantitative estimate of drug-likeness (QED) is 0.339. The van der Waals surface area contributed by atoms with E-state index in [1.165, 1.54) is 57.8 Å². The van der Waals surface area contributed by atoms with Crippen molar-refractivity contribution in [3.63, 3.8) is 0 Å². The van der Waals surface area contributed by atoms with Gasteiger partial charge in [-0.15, -0.1) is 0 Å². The first kappa shape index (κ1) is 15.2. The fourth-order valence-electron chi connectivity index (χ4n) is 1.81. The van der Waals surface area contributed by atoms with Gasteiger partial charge in [-0.3, -0.25) is 0 Å². The van der Waals surface area contributed by atoms with E-state index in [4.69, 9.17) is 5.26 Å². The molecule has 0 amide bonds. The van der Waals surface area contributed by atoms with Crippen LogP contribution < -0.4 is 0 Å². The Kier molecular flexibility index (Phi) is 13.5. The highest BCUT2D eigenvalue weighted by Crippen LogP contribution is 2.10. The monoisotopic (exact) mass is 221 g/mol. The van der Waals surface area contributed by atoms with Crippen molar-refractivity contribution in [2.45, 2.75) is 77.6 Å². The fraction of sp³-hybridized carbons (Fsp3) is 0.800. The maximum absolute atomic E-state index is 8.37. The Morgan fingerprint density at radius 2 is 1.38 bits per heavy atom. The predicted octanol–water partition coefficient (Wildman–Crippen LogP) is 5.38. The first-order valence-corrected chi connectivity index (χ1v) is 6.93. The van der Waals surface area contributed by atoms with E-state index in [1.807, 2.05) is 0 Å². The van der Waals surface area contributed by atoms with Crippen LogP contribution in [0, 0.1) is 11.3 Å². The summed E-state index contributed by atoms with van der Waals surface area (Å²) < 4.78 is 0. The molecule has 0 aliphatic heterocycles. The van der Waals surface area contributed by atoms with E-state index in [0.29, 0.717) is 0 Å². The van der Waals surface area contributed by atoms with Gasteiger partial charge in [0, 0.05) is 6.42 Å². The molecular formula is C15H27N. The van der Waals surface area contributed by atoms with Crippen LogP contribution in [0.3, 0.4) is 0 Å². The molecule has 0 heterocycles. The lowest BCUT2D eigenvalue weighted by molar-refractivity contribution is 0.572. The van der Waals surface area contributed by atoms with Crippen LogP contribution in [0.1, 0.15) is 77.6 Å². The lowest BCUT2D eigenvalue weighted by atomic mass is 10.1. The third-order valence-electron chi connectivity index (χ3n) is 2.81. The molecular weight excluding hydrogens is 194 g/mol. The number of hydrogen-bond donors (Lipinski definition) is 0. The van der Waals surface area contributed by atoms with Gasteiger partial charge in [0.15, 0.2) is 0 Å². The maximum Gasteiger partial charge on any atom is 0.0621 e. The Morgan fingerprint density at radius 3 is 1.94 bits per heavy atom. The van der Waals surface area contributed by atoms with E-state index in [2.05, 4.69) is 25.1 Å². The topological polar surface area (TPSA) is 23.8 Å². The molecule has 0 spiro atoms. The van der Waals surface area contributed by atoms with E-state index in [0.717, 1.165) is 12.8 Å². The zero-order valence-electron chi connectivity index (χ0n) is 10.9. The van der Waals surface area contributed by atoms with Crippen molar-refractivity contribution in [2.75, 3.05) is 0 Å². The Balaban J connectivity index is 2.94. The highest BCUT2D eigenvalue weighted by atomic mass is 14.2. The van der Waals surface area contributed by atoms with Gasteiger partial charge >= 0.3 is 0 Å². The van der Waals surface area contributed by atoms with Crippen LogP contribution in [0.25, 0.3) is 0 Å². The van der Waals surface area contributed by atoms with Gasteiger partial charge in [-0.25, -0.2) is 0 Å². The summed E-state index contributed by atoms with van der Waals surface area (Å²) in [6, 6.07) is 2.20. The molecule has 0 bridgehead atoms. The SMILES string of the molecule is CC/C=C\CCCCCCCCCCC#N. The van der Waals surface area contributed by atoms with Crippen molar-refractivity contribution in [3.8, 4) is 6.07 Å². The molecule has 0 N–H and O–H groups in total.